The van der Waals surface area contributed by atoms with Crippen molar-refractivity contribution >= 4 is 0 Å². The lowest BCUT2D eigenvalue weighted by atomic mass is 10.0. The number of hydrogen-bond donors (Lipinski definition) is 0. The topological polar surface area (TPSA) is 21.1 Å². The molecule has 0 unspecified atom stereocenters. The molecule has 2 aromatic rings. The second-order valence-corrected chi connectivity index (χ2v) is 6.34. The van der Waals surface area contributed by atoms with E-state index >= 15 is 0 Å². The maximum absolute atomic E-state index is 13.0. The molecule has 0 bridgehead atoms. The summed E-state index contributed by atoms with van der Waals surface area (Å²) in [6, 6.07) is 5.70. The van der Waals surface area contributed by atoms with E-state index in [0.29, 0.717) is 5.82 Å². The molecule has 3 nitrogen and oxygen atoms in total. The van der Waals surface area contributed by atoms with E-state index in [4.69, 9.17) is 0 Å². The van der Waals surface area contributed by atoms with Gasteiger partial charge in [0, 0.05) is 24.3 Å². The van der Waals surface area contributed by atoms with Gasteiger partial charge in [-0.2, -0.15) is 13.2 Å². The number of aryl methyl sites for hydroxylation is 1. The SMILES string of the molecule is CC.CC.CC.Cc1cc(CN(C)C)ccc1-c1nc(C(F)(F)F)cn1C(C)C. The third-order valence-electron chi connectivity index (χ3n) is 3.61. The number of nitrogens with zero attached hydrogens (tertiary/aromatic N) is 3. The lowest BCUT2D eigenvalue weighted by Gasteiger charge is -2.15. The fourth-order valence-corrected chi connectivity index (χ4v) is 2.56. The number of benzene rings is 1. The largest absolute Gasteiger partial charge is 0.434 e. The van der Waals surface area contributed by atoms with Gasteiger partial charge in [0.2, 0.25) is 0 Å². The highest BCUT2D eigenvalue weighted by Crippen LogP contribution is 2.33. The van der Waals surface area contributed by atoms with Gasteiger partial charge in [-0.15, -0.1) is 0 Å². The van der Waals surface area contributed by atoms with Crippen molar-refractivity contribution in [3.8, 4) is 11.4 Å². The molecule has 0 saturated heterocycles. The first-order valence-electron chi connectivity index (χ1n) is 10.5. The Kier molecular flexibility index (Phi) is 14.4. The van der Waals surface area contributed by atoms with Gasteiger partial charge in [-0.05, 0) is 46.0 Å². The van der Waals surface area contributed by atoms with Crippen molar-refractivity contribution in [2.75, 3.05) is 14.1 Å². The van der Waals surface area contributed by atoms with E-state index in [0.717, 1.165) is 29.4 Å². The highest BCUT2D eigenvalue weighted by molar-refractivity contribution is 5.62. The number of alkyl halides is 3. The van der Waals surface area contributed by atoms with E-state index in [-0.39, 0.29) is 6.04 Å². The summed E-state index contributed by atoms with van der Waals surface area (Å²) in [5.74, 6) is 0.362. The number of aromatic nitrogens is 2. The van der Waals surface area contributed by atoms with Crippen molar-refractivity contribution in [2.24, 2.45) is 0 Å². The molecule has 0 aliphatic rings. The minimum Gasteiger partial charge on any atom is -0.328 e. The molecule has 0 saturated carbocycles. The van der Waals surface area contributed by atoms with Crippen LogP contribution >= 0.6 is 0 Å². The highest BCUT2D eigenvalue weighted by Gasteiger charge is 2.35. The Morgan fingerprint density at radius 2 is 1.52 bits per heavy atom. The Bertz CT molecular complexity index is 687. The average molecular weight is 416 g/mol. The zero-order chi connectivity index (χ0) is 23.4. The lowest BCUT2D eigenvalue weighted by Crippen LogP contribution is -2.11. The monoisotopic (exact) mass is 415 g/mol. The summed E-state index contributed by atoms with van der Waals surface area (Å²) in [5.41, 5.74) is 1.93. The zero-order valence-corrected chi connectivity index (χ0v) is 20.1. The van der Waals surface area contributed by atoms with Gasteiger partial charge in [-0.3, -0.25) is 0 Å². The molecule has 0 amide bonds. The van der Waals surface area contributed by atoms with Crippen molar-refractivity contribution in [3.63, 3.8) is 0 Å². The molecule has 168 valence electrons. The summed E-state index contributed by atoms with van der Waals surface area (Å²) in [4.78, 5) is 5.90. The molecule has 2 rings (SSSR count). The van der Waals surface area contributed by atoms with Gasteiger partial charge in [-0.25, -0.2) is 4.98 Å². The maximum Gasteiger partial charge on any atom is 0.434 e. The van der Waals surface area contributed by atoms with Crippen LogP contribution in [-0.2, 0) is 12.7 Å². The van der Waals surface area contributed by atoms with E-state index < -0.39 is 11.9 Å². The van der Waals surface area contributed by atoms with Crippen LogP contribution in [0.15, 0.2) is 24.4 Å². The molecule has 0 atom stereocenters. The summed E-state index contributed by atoms with van der Waals surface area (Å²) in [6.45, 7) is 18.4. The van der Waals surface area contributed by atoms with E-state index in [1.54, 1.807) is 4.57 Å². The molecular weight excluding hydrogens is 375 g/mol. The van der Waals surface area contributed by atoms with Crippen LogP contribution in [0.1, 0.15) is 78.3 Å². The predicted octanol–water partition coefficient (Wildman–Crippen LogP) is 7.60. The lowest BCUT2D eigenvalue weighted by molar-refractivity contribution is -0.140. The van der Waals surface area contributed by atoms with Gasteiger partial charge in [0.25, 0.3) is 0 Å². The molecular formula is C23H40F3N3. The Morgan fingerprint density at radius 3 is 1.90 bits per heavy atom. The third kappa shape index (κ3) is 9.03. The summed E-state index contributed by atoms with van der Waals surface area (Å²) >= 11 is 0. The molecule has 0 fully saturated rings. The van der Waals surface area contributed by atoms with Crippen molar-refractivity contribution in [1.82, 2.24) is 14.5 Å². The summed E-state index contributed by atoms with van der Waals surface area (Å²) in [7, 11) is 3.95. The molecule has 6 heteroatoms. The van der Waals surface area contributed by atoms with Gasteiger partial charge in [0.05, 0.1) is 0 Å². The van der Waals surface area contributed by atoms with Crippen LogP contribution in [0.5, 0.6) is 0 Å². The fraction of sp³-hybridized carbons (Fsp3) is 0.609. The first kappa shape index (κ1) is 29.4. The zero-order valence-electron chi connectivity index (χ0n) is 20.1. The molecule has 1 aromatic heterocycles. The standard InChI is InChI=1S/C17H22F3N3.3C2H6/c1-11(2)23-10-15(17(18,19)20)21-16(23)14-7-6-13(8-12(14)3)9-22(4)5;3*1-2/h6-8,10-11H,9H2,1-5H3;3*1-2H3. The Hall–Kier alpha value is -1.82. The van der Waals surface area contributed by atoms with Crippen LogP contribution in [0.3, 0.4) is 0 Å². The van der Waals surface area contributed by atoms with Crippen LogP contribution in [0.4, 0.5) is 13.2 Å². The summed E-state index contributed by atoms with van der Waals surface area (Å²) < 4.78 is 40.5. The second kappa shape index (κ2) is 14.2. The Balaban J connectivity index is 0. The van der Waals surface area contributed by atoms with Gasteiger partial charge < -0.3 is 9.47 Å². The van der Waals surface area contributed by atoms with Crippen LogP contribution < -0.4 is 0 Å². The van der Waals surface area contributed by atoms with E-state index in [9.17, 15) is 13.2 Å². The molecule has 29 heavy (non-hydrogen) atoms. The third-order valence-corrected chi connectivity index (χ3v) is 3.61. The maximum atomic E-state index is 13.0. The number of halogens is 3. The Morgan fingerprint density at radius 1 is 1.00 bits per heavy atom. The quantitative estimate of drug-likeness (QED) is 0.512. The number of imidazole rings is 1. The number of rotatable bonds is 4. The minimum absolute atomic E-state index is 0.102. The smallest absolute Gasteiger partial charge is 0.328 e. The van der Waals surface area contributed by atoms with Crippen LogP contribution in [0.25, 0.3) is 11.4 Å². The van der Waals surface area contributed by atoms with Crippen molar-refractivity contribution in [1.29, 1.82) is 0 Å². The molecule has 0 aliphatic carbocycles. The van der Waals surface area contributed by atoms with E-state index in [1.807, 2.05) is 99.5 Å². The number of hydrogen-bond acceptors (Lipinski definition) is 2. The van der Waals surface area contributed by atoms with Crippen LogP contribution in [0.2, 0.25) is 0 Å². The molecule has 0 aliphatic heterocycles. The van der Waals surface area contributed by atoms with Crippen LogP contribution in [-0.4, -0.2) is 28.5 Å². The van der Waals surface area contributed by atoms with Crippen molar-refractivity contribution in [2.45, 2.75) is 81.1 Å². The van der Waals surface area contributed by atoms with E-state index in [2.05, 4.69) is 4.98 Å². The van der Waals surface area contributed by atoms with Crippen LogP contribution in [0, 0.1) is 6.92 Å². The second-order valence-electron chi connectivity index (χ2n) is 6.34. The molecule has 1 aromatic carbocycles. The van der Waals surface area contributed by atoms with Gasteiger partial charge in [-0.1, -0.05) is 59.7 Å². The summed E-state index contributed by atoms with van der Waals surface area (Å²) in [5, 5.41) is 0. The van der Waals surface area contributed by atoms with E-state index in [1.165, 1.54) is 0 Å². The highest BCUT2D eigenvalue weighted by atomic mass is 19.4. The fourth-order valence-electron chi connectivity index (χ4n) is 2.56. The molecule has 0 spiro atoms. The molecule has 0 radical (unpaired) electrons. The van der Waals surface area contributed by atoms with Gasteiger partial charge in [0.1, 0.15) is 5.82 Å². The van der Waals surface area contributed by atoms with Crippen molar-refractivity contribution in [3.05, 3.63) is 41.2 Å². The minimum atomic E-state index is -4.44. The van der Waals surface area contributed by atoms with Crippen molar-refractivity contribution < 1.29 is 13.2 Å². The van der Waals surface area contributed by atoms with Gasteiger partial charge in [0.15, 0.2) is 5.69 Å². The predicted molar refractivity (Wildman–Crippen MR) is 119 cm³/mol. The molecule has 0 N–H and O–H groups in total. The summed E-state index contributed by atoms with van der Waals surface area (Å²) in [6.07, 6.45) is -3.35. The normalized spacial score (nSPS) is 10.5. The first-order valence-corrected chi connectivity index (χ1v) is 10.5. The van der Waals surface area contributed by atoms with Gasteiger partial charge >= 0.3 is 6.18 Å². The Labute approximate surface area is 176 Å². The molecule has 1 heterocycles. The first-order chi connectivity index (χ1) is 13.6. The average Bonchev–Trinajstić information content (AvgIpc) is 3.12.